The van der Waals surface area contributed by atoms with Crippen molar-refractivity contribution in [2.24, 2.45) is 0 Å². The number of aromatic nitrogens is 1. The lowest BCUT2D eigenvalue weighted by Crippen LogP contribution is -2.21. The number of rotatable bonds is 4. The lowest BCUT2D eigenvalue weighted by Gasteiger charge is -2.22. The number of aryl methyl sites for hydroxylation is 2. The minimum absolute atomic E-state index is 0.856. The van der Waals surface area contributed by atoms with Gasteiger partial charge in [-0.3, -0.25) is 0 Å². The van der Waals surface area contributed by atoms with Crippen molar-refractivity contribution < 1.29 is 0 Å². The summed E-state index contributed by atoms with van der Waals surface area (Å²) >= 11 is 0. The Morgan fingerprint density at radius 2 is 1.94 bits per heavy atom. The molecule has 96 valence electrons. The van der Waals surface area contributed by atoms with E-state index in [-0.39, 0.29) is 0 Å². The van der Waals surface area contributed by atoms with Gasteiger partial charge in [0.25, 0.3) is 0 Å². The Bertz CT molecular complexity index is 515. The fourth-order valence-electron chi connectivity index (χ4n) is 2.09. The topological polar surface area (TPSA) is 45.0 Å². The van der Waals surface area contributed by atoms with Crippen molar-refractivity contribution >= 4 is 11.4 Å². The third-order valence-electron chi connectivity index (χ3n) is 3.45. The highest BCUT2D eigenvalue weighted by Gasteiger charge is 2.07. The van der Waals surface area contributed by atoms with Gasteiger partial charge in [-0.15, -0.1) is 0 Å². The second kappa shape index (κ2) is 5.17. The number of H-pyrrole nitrogens is 1. The SMILES string of the molecule is Cc1cc(N)c(N(C)CCc2cc[nH]c2)cc1C. The Kier molecular flexibility index (Phi) is 3.60. The van der Waals surface area contributed by atoms with E-state index in [0.717, 1.165) is 24.3 Å². The molecule has 0 bridgehead atoms. The van der Waals surface area contributed by atoms with E-state index in [1.54, 1.807) is 0 Å². The Morgan fingerprint density at radius 1 is 1.22 bits per heavy atom. The van der Waals surface area contributed by atoms with Crippen LogP contribution in [0.5, 0.6) is 0 Å². The van der Waals surface area contributed by atoms with Crippen molar-refractivity contribution in [3.63, 3.8) is 0 Å². The normalized spacial score (nSPS) is 10.6. The molecule has 0 fully saturated rings. The van der Waals surface area contributed by atoms with Crippen LogP contribution in [0.3, 0.4) is 0 Å². The zero-order valence-electron chi connectivity index (χ0n) is 11.3. The monoisotopic (exact) mass is 243 g/mol. The standard InChI is InChI=1S/C15H21N3/c1-11-8-14(16)15(9-12(11)2)18(3)7-5-13-4-6-17-10-13/h4,6,8-10,17H,5,7,16H2,1-3H3. The van der Waals surface area contributed by atoms with Crippen LogP contribution < -0.4 is 10.6 Å². The molecule has 0 amide bonds. The van der Waals surface area contributed by atoms with E-state index >= 15 is 0 Å². The highest BCUT2D eigenvalue weighted by Crippen LogP contribution is 2.26. The largest absolute Gasteiger partial charge is 0.397 e. The highest BCUT2D eigenvalue weighted by molar-refractivity contribution is 5.69. The van der Waals surface area contributed by atoms with Gasteiger partial charge >= 0.3 is 0 Å². The molecule has 0 aliphatic carbocycles. The second-order valence-corrected chi connectivity index (χ2v) is 4.89. The third kappa shape index (κ3) is 2.67. The average molecular weight is 243 g/mol. The molecule has 0 radical (unpaired) electrons. The number of nitrogens with two attached hydrogens (primary N) is 1. The smallest absolute Gasteiger partial charge is 0.0600 e. The van der Waals surface area contributed by atoms with E-state index in [2.05, 4.69) is 49.0 Å². The van der Waals surface area contributed by atoms with Crippen LogP contribution in [0.2, 0.25) is 0 Å². The van der Waals surface area contributed by atoms with Crippen molar-refractivity contribution in [3.8, 4) is 0 Å². The number of nitrogens with zero attached hydrogens (tertiary/aromatic N) is 1. The van der Waals surface area contributed by atoms with Crippen LogP contribution in [0.1, 0.15) is 16.7 Å². The summed E-state index contributed by atoms with van der Waals surface area (Å²) < 4.78 is 0. The molecule has 3 nitrogen and oxygen atoms in total. The number of anilines is 2. The van der Waals surface area contributed by atoms with Gasteiger partial charge in [0.15, 0.2) is 0 Å². The molecular weight excluding hydrogens is 222 g/mol. The van der Waals surface area contributed by atoms with Crippen LogP contribution in [0.15, 0.2) is 30.6 Å². The van der Waals surface area contributed by atoms with E-state index < -0.39 is 0 Å². The van der Waals surface area contributed by atoms with E-state index in [1.807, 2.05) is 12.4 Å². The van der Waals surface area contributed by atoms with Gasteiger partial charge in [-0.05, 0) is 55.2 Å². The molecule has 1 aromatic heterocycles. The fraction of sp³-hybridized carbons (Fsp3) is 0.333. The zero-order valence-corrected chi connectivity index (χ0v) is 11.3. The Balaban J connectivity index is 2.09. The minimum Gasteiger partial charge on any atom is -0.397 e. The lowest BCUT2D eigenvalue weighted by atomic mass is 10.1. The molecule has 0 atom stereocenters. The van der Waals surface area contributed by atoms with E-state index in [0.29, 0.717) is 0 Å². The van der Waals surface area contributed by atoms with E-state index in [9.17, 15) is 0 Å². The van der Waals surface area contributed by atoms with Crippen molar-refractivity contribution in [3.05, 3.63) is 47.3 Å². The molecule has 0 spiro atoms. The van der Waals surface area contributed by atoms with Crippen LogP contribution in [0, 0.1) is 13.8 Å². The maximum Gasteiger partial charge on any atom is 0.0600 e. The van der Waals surface area contributed by atoms with Gasteiger partial charge in [0, 0.05) is 26.0 Å². The Labute approximate surface area is 109 Å². The summed E-state index contributed by atoms with van der Waals surface area (Å²) in [5, 5.41) is 0. The highest BCUT2D eigenvalue weighted by atomic mass is 15.1. The van der Waals surface area contributed by atoms with Crippen molar-refractivity contribution in [2.45, 2.75) is 20.3 Å². The van der Waals surface area contributed by atoms with Gasteiger partial charge in [-0.25, -0.2) is 0 Å². The van der Waals surface area contributed by atoms with Gasteiger partial charge in [-0.2, -0.15) is 0 Å². The van der Waals surface area contributed by atoms with Crippen molar-refractivity contribution in [1.82, 2.24) is 4.98 Å². The third-order valence-corrected chi connectivity index (χ3v) is 3.45. The van der Waals surface area contributed by atoms with Gasteiger partial charge in [0.05, 0.1) is 11.4 Å². The maximum absolute atomic E-state index is 6.09. The molecule has 0 saturated heterocycles. The summed E-state index contributed by atoms with van der Waals surface area (Å²) in [6, 6.07) is 6.33. The molecule has 18 heavy (non-hydrogen) atoms. The second-order valence-electron chi connectivity index (χ2n) is 4.89. The van der Waals surface area contributed by atoms with Crippen LogP contribution in [-0.2, 0) is 6.42 Å². The summed E-state index contributed by atoms with van der Waals surface area (Å²) in [5.41, 5.74) is 11.9. The Morgan fingerprint density at radius 3 is 2.61 bits per heavy atom. The van der Waals surface area contributed by atoms with Crippen LogP contribution in [0.25, 0.3) is 0 Å². The summed E-state index contributed by atoms with van der Waals surface area (Å²) in [4.78, 5) is 5.30. The first-order valence-corrected chi connectivity index (χ1v) is 6.27. The fourth-order valence-corrected chi connectivity index (χ4v) is 2.09. The molecule has 1 heterocycles. The number of hydrogen-bond acceptors (Lipinski definition) is 2. The summed E-state index contributed by atoms with van der Waals surface area (Å²) in [6.07, 6.45) is 5.02. The molecular formula is C15H21N3. The molecule has 0 aliphatic heterocycles. The van der Waals surface area contributed by atoms with Crippen molar-refractivity contribution in [1.29, 1.82) is 0 Å². The molecule has 0 unspecified atom stereocenters. The van der Waals surface area contributed by atoms with Crippen LogP contribution in [0.4, 0.5) is 11.4 Å². The first kappa shape index (κ1) is 12.6. The number of aromatic amines is 1. The number of hydrogen-bond donors (Lipinski definition) is 2. The van der Waals surface area contributed by atoms with Crippen LogP contribution >= 0.6 is 0 Å². The van der Waals surface area contributed by atoms with Crippen LogP contribution in [-0.4, -0.2) is 18.6 Å². The molecule has 2 rings (SSSR count). The molecule has 0 saturated carbocycles. The van der Waals surface area contributed by atoms with Gasteiger partial charge in [0.2, 0.25) is 0 Å². The van der Waals surface area contributed by atoms with Gasteiger partial charge in [0.1, 0.15) is 0 Å². The predicted octanol–water partition coefficient (Wildman–Crippen LogP) is 2.89. The maximum atomic E-state index is 6.09. The summed E-state index contributed by atoms with van der Waals surface area (Å²) in [6.45, 7) is 5.18. The average Bonchev–Trinajstić information content (AvgIpc) is 2.84. The molecule has 1 aromatic carbocycles. The summed E-state index contributed by atoms with van der Waals surface area (Å²) in [7, 11) is 2.09. The molecule has 0 aliphatic rings. The first-order valence-electron chi connectivity index (χ1n) is 6.27. The van der Waals surface area contributed by atoms with Crippen molar-refractivity contribution in [2.75, 3.05) is 24.2 Å². The summed E-state index contributed by atoms with van der Waals surface area (Å²) in [5.74, 6) is 0. The molecule has 3 heteroatoms. The lowest BCUT2D eigenvalue weighted by molar-refractivity contribution is 0.878. The molecule has 3 N–H and O–H groups in total. The molecule has 2 aromatic rings. The Hall–Kier alpha value is -1.90. The number of likely N-dealkylation sites (N-methyl/N-ethyl adjacent to an activating group) is 1. The first-order chi connectivity index (χ1) is 8.58. The number of nitrogen functional groups attached to an aromatic ring is 1. The van der Waals surface area contributed by atoms with Gasteiger partial charge in [-0.1, -0.05) is 0 Å². The van der Waals surface area contributed by atoms with Gasteiger partial charge < -0.3 is 15.6 Å². The predicted molar refractivity (Wildman–Crippen MR) is 78.1 cm³/mol. The van der Waals surface area contributed by atoms with E-state index in [4.69, 9.17) is 5.73 Å². The quantitative estimate of drug-likeness (QED) is 0.811. The minimum atomic E-state index is 0.856. The number of nitrogens with one attached hydrogen (secondary N) is 1. The zero-order chi connectivity index (χ0) is 13.1. The number of benzene rings is 1. The van der Waals surface area contributed by atoms with E-state index in [1.165, 1.54) is 16.7 Å².